The van der Waals surface area contributed by atoms with E-state index in [1.54, 1.807) is 14.0 Å². The third-order valence-electron chi connectivity index (χ3n) is 2.53. The van der Waals surface area contributed by atoms with Crippen LogP contribution in [0.25, 0.3) is 0 Å². The monoisotopic (exact) mass is 208 g/mol. The van der Waals surface area contributed by atoms with Crippen molar-refractivity contribution in [1.29, 1.82) is 0 Å². The van der Waals surface area contributed by atoms with Crippen molar-refractivity contribution in [3.63, 3.8) is 0 Å². The first-order valence-corrected chi connectivity index (χ1v) is 5.14. The maximum atomic E-state index is 11.6. The van der Waals surface area contributed by atoms with Crippen molar-refractivity contribution in [2.45, 2.75) is 32.2 Å². The minimum absolute atomic E-state index is 0.0683. The summed E-state index contributed by atoms with van der Waals surface area (Å²) in [6.07, 6.45) is 2.66. The zero-order valence-corrected chi connectivity index (χ0v) is 9.17. The Morgan fingerprint density at radius 1 is 1.53 bits per heavy atom. The Balaban J connectivity index is 2.69. The number of nitrogens with one attached hydrogen (secondary N) is 1. The van der Waals surface area contributed by atoms with Crippen LogP contribution in [0, 0.1) is 11.8 Å². The van der Waals surface area contributed by atoms with Crippen molar-refractivity contribution in [3.8, 4) is 11.8 Å². The van der Waals surface area contributed by atoms with Crippen LogP contribution in [-0.2, 0) is 9.59 Å². The standard InChI is InChI=1S/C11H16N2O2/c1-3-6-10(14)13(2)9-7-4-5-8-12-11(9)15/h9H,4-5,7-8H2,1-2H3,(H,12,15). The SMILES string of the molecule is CC#CC(=O)N(C)C1CCCCNC1=O. The number of amides is 2. The van der Waals surface area contributed by atoms with Gasteiger partial charge in [0.1, 0.15) is 6.04 Å². The maximum absolute atomic E-state index is 11.6. The van der Waals surface area contributed by atoms with Crippen molar-refractivity contribution in [1.82, 2.24) is 10.2 Å². The fourth-order valence-corrected chi connectivity index (χ4v) is 1.63. The molecule has 0 radical (unpaired) electrons. The summed E-state index contributed by atoms with van der Waals surface area (Å²) in [5.74, 6) is 4.63. The van der Waals surface area contributed by atoms with Gasteiger partial charge in [0.25, 0.3) is 5.91 Å². The van der Waals surface area contributed by atoms with Crippen molar-refractivity contribution in [2.75, 3.05) is 13.6 Å². The normalized spacial score (nSPS) is 20.7. The smallest absolute Gasteiger partial charge is 0.298 e. The van der Waals surface area contributed by atoms with E-state index in [-0.39, 0.29) is 17.9 Å². The van der Waals surface area contributed by atoms with E-state index in [2.05, 4.69) is 17.2 Å². The molecule has 0 bridgehead atoms. The zero-order chi connectivity index (χ0) is 11.3. The van der Waals surface area contributed by atoms with E-state index in [1.165, 1.54) is 4.90 Å². The lowest BCUT2D eigenvalue weighted by atomic mass is 10.1. The largest absolute Gasteiger partial charge is 0.354 e. The van der Waals surface area contributed by atoms with Crippen LogP contribution in [0.3, 0.4) is 0 Å². The minimum atomic E-state index is -0.360. The summed E-state index contributed by atoms with van der Waals surface area (Å²) < 4.78 is 0. The Kier molecular flexibility index (Phi) is 4.17. The van der Waals surface area contributed by atoms with Gasteiger partial charge in [0.2, 0.25) is 5.91 Å². The minimum Gasteiger partial charge on any atom is -0.354 e. The highest BCUT2D eigenvalue weighted by Gasteiger charge is 2.26. The molecule has 0 aromatic carbocycles. The molecule has 0 spiro atoms. The first kappa shape index (κ1) is 11.6. The maximum Gasteiger partial charge on any atom is 0.298 e. The molecule has 1 fully saturated rings. The van der Waals surface area contributed by atoms with Crippen molar-refractivity contribution in [3.05, 3.63) is 0 Å². The predicted octanol–water partition coefficient (Wildman–Crippen LogP) is 0.137. The van der Waals surface area contributed by atoms with E-state index >= 15 is 0 Å². The van der Waals surface area contributed by atoms with Gasteiger partial charge in [-0.1, -0.05) is 5.92 Å². The van der Waals surface area contributed by atoms with Gasteiger partial charge in [0.05, 0.1) is 0 Å². The van der Waals surface area contributed by atoms with Gasteiger partial charge in [-0.3, -0.25) is 9.59 Å². The number of rotatable bonds is 1. The van der Waals surface area contributed by atoms with E-state index in [0.717, 1.165) is 19.3 Å². The molecule has 0 aromatic heterocycles. The average molecular weight is 208 g/mol. The third-order valence-corrected chi connectivity index (χ3v) is 2.53. The fraction of sp³-hybridized carbons (Fsp3) is 0.636. The molecule has 1 unspecified atom stereocenters. The lowest BCUT2D eigenvalue weighted by Gasteiger charge is -2.23. The summed E-state index contributed by atoms with van der Waals surface area (Å²) in [6.45, 7) is 2.32. The molecule has 1 heterocycles. The molecule has 4 heteroatoms. The molecule has 1 aliphatic heterocycles. The molecular weight excluding hydrogens is 192 g/mol. The quantitative estimate of drug-likeness (QED) is 0.623. The Hall–Kier alpha value is -1.50. The Morgan fingerprint density at radius 3 is 2.93 bits per heavy atom. The van der Waals surface area contributed by atoms with Crippen molar-refractivity contribution >= 4 is 11.8 Å². The van der Waals surface area contributed by atoms with Gasteiger partial charge >= 0.3 is 0 Å². The summed E-state index contributed by atoms with van der Waals surface area (Å²) in [5, 5.41) is 2.79. The van der Waals surface area contributed by atoms with Gasteiger partial charge in [0.15, 0.2) is 0 Å². The highest BCUT2D eigenvalue weighted by Crippen LogP contribution is 2.10. The second-order valence-electron chi connectivity index (χ2n) is 3.59. The fourth-order valence-electron chi connectivity index (χ4n) is 1.63. The first-order chi connectivity index (χ1) is 7.16. The molecule has 4 nitrogen and oxygen atoms in total. The van der Waals surface area contributed by atoms with E-state index in [1.807, 2.05) is 0 Å². The summed E-state index contributed by atoms with van der Waals surface area (Å²) in [5.41, 5.74) is 0. The molecule has 0 aliphatic carbocycles. The third kappa shape index (κ3) is 2.98. The van der Waals surface area contributed by atoms with Crippen LogP contribution < -0.4 is 5.32 Å². The van der Waals surface area contributed by atoms with Gasteiger partial charge in [-0.15, -0.1) is 0 Å². The van der Waals surface area contributed by atoms with Crippen LogP contribution in [0.2, 0.25) is 0 Å². The molecule has 0 aromatic rings. The lowest BCUT2D eigenvalue weighted by Crippen LogP contribution is -2.46. The van der Waals surface area contributed by atoms with Gasteiger partial charge in [-0.2, -0.15) is 0 Å². The molecule has 2 amide bonds. The van der Waals surface area contributed by atoms with Crippen LogP contribution >= 0.6 is 0 Å². The average Bonchev–Trinajstić information content (AvgIpc) is 2.42. The Bertz CT molecular complexity index is 314. The second kappa shape index (κ2) is 5.40. The number of hydrogen-bond acceptors (Lipinski definition) is 2. The van der Waals surface area contributed by atoms with Gasteiger partial charge in [-0.05, 0) is 32.1 Å². The molecule has 0 saturated carbocycles. The van der Waals surface area contributed by atoms with Crippen LogP contribution in [-0.4, -0.2) is 36.3 Å². The van der Waals surface area contributed by atoms with Gasteiger partial charge in [-0.25, -0.2) is 0 Å². The molecule has 1 rings (SSSR count). The number of carbonyl (C=O) groups is 2. The molecule has 1 aliphatic rings. The molecule has 1 saturated heterocycles. The predicted molar refractivity (Wildman–Crippen MR) is 56.9 cm³/mol. The molecule has 1 atom stereocenters. The van der Waals surface area contributed by atoms with Crippen LogP contribution in [0.4, 0.5) is 0 Å². The topological polar surface area (TPSA) is 49.4 Å². The van der Waals surface area contributed by atoms with E-state index in [0.29, 0.717) is 6.54 Å². The number of carbonyl (C=O) groups excluding carboxylic acids is 2. The molecular formula is C11H16N2O2. The Morgan fingerprint density at radius 2 is 2.27 bits per heavy atom. The van der Waals surface area contributed by atoms with Crippen LogP contribution in [0.15, 0.2) is 0 Å². The van der Waals surface area contributed by atoms with E-state index in [9.17, 15) is 9.59 Å². The van der Waals surface area contributed by atoms with Crippen molar-refractivity contribution < 1.29 is 9.59 Å². The van der Waals surface area contributed by atoms with Crippen LogP contribution in [0.5, 0.6) is 0 Å². The molecule has 15 heavy (non-hydrogen) atoms. The van der Waals surface area contributed by atoms with Crippen molar-refractivity contribution in [2.24, 2.45) is 0 Å². The Labute approximate surface area is 90.0 Å². The summed E-state index contributed by atoms with van der Waals surface area (Å²) in [4.78, 5) is 24.5. The van der Waals surface area contributed by atoms with Gasteiger partial charge < -0.3 is 10.2 Å². The zero-order valence-electron chi connectivity index (χ0n) is 9.17. The number of likely N-dealkylation sites (N-methyl/N-ethyl adjacent to an activating group) is 1. The first-order valence-electron chi connectivity index (χ1n) is 5.14. The number of nitrogens with zero attached hydrogens (tertiary/aromatic N) is 1. The summed E-state index contributed by atoms with van der Waals surface area (Å²) in [7, 11) is 1.63. The lowest BCUT2D eigenvalue weighted by molar-refractivity contribution is -0.135. The second-order valence-corrected chi connectivity index (χ2v) is 3.59. The summed E-state index contributed by atoms with van der Waals surface area (Å²) >= 11 is 0. The molecule has 82 valence electrons. The van der Waals surface area contributed by atoms with Gasteiger partial charge in [0, 0.05) is 13.6 Å². The highest BCUT2D eigenvalue weighted by atomic mass is 16.2. The molecule has 1 N–H and O–H groups in total. The number of hydrogen-bond donors (Lipinski definition) is 1. The van der Waals surface area contributed by atoms with E-state index < -0.39 is 0 Å². The summed E-state index contributed by atoms with van der Waals surface area (Å²) in [6, 6.07) is -0.360. The highest BCUT2D eigenvalue weighted by molar-refractivity contribution is 5.96. The van der Waals surface area contributed by atoms with Crippen LogP contribution in [0.1, 0.15) is 26.2 Å². The van der Waals surface area contributed by atoms with E-state index in [4.69, 9.17) is 0 Å².